The van der Waals surface area contributed by atoms with Crippen molar-refractivity contribution in [1.82, 2.24) is 9.78 Å². The molecule has 4 heteroatoms. The van der Waals surface area contributed by atoms with Crippen molar-refractivity contribution in [2.75, 3.05) is 12.3 Å². The number of aliphatic hydroxyl groups is 1. The van der Waals surface area contributed by atoms with Gasteiger partial charge in [0.15, 0.2) is 0 Å². The number of hydrogen-bond donors (Lipinski definition) is 2. The van der Waals surface area contributed by atoms with Crippen LogP contribution in [-0.4, -0.2) is 21.5 Å². The molecule has 0 spiro atoms. The third kappa shape index (κ3) is 2.07. The number of anilines is 1. The Labute approximate surface area is 84.7 Å². The normalized spacial score (nSPS) is 10.8. The van der Waals surface area contributed by atoms with Gasteiger partial charge in [-0.05, 0) is 19.3 Å². The first-order valence-electron chi connectivity index (χ1n) is 5.19. The molecule has 0 saturated heterocycles. The van der Waals surface area contributed by atoms with Gasteiger partial charge in [-0.25, -0.2) is 0 Å². The highest BCUT2D eigenvalue weighted by Gasteiger charge is 2.11. The molecule has 0 atom stereocenters. The van der Waals surface area contributed by atoms with Crippen LogP contribution in [0.3, 0.4) is 0 Å². The van der Waals surface area contributed by atoms with Crippen LogP contribution < -0.4 is 5.73 Å². The van der Waals surface area contributed by atoms with E-state index in [0.29, 0.717) is 0 Å². The molecule has 0 fully saturated rings. The maximum Gasteiger partial charge on any atom is 0.0854 e. The fourth-order valence-corrected chi connectivity index (χ4v) is 1.61. The number of rotatable bonds is 5. The molecule has 0 aliphatic rings. The van der Waals surface area contributed by atoms with Gasteiger partial charge in [0, 0.05) is 13.2 Å². The molecule has 0 aliphatic carbocycles. The Morgan fingerprint density at radius 3 is 2.57 bits per heavy atom. The zero-order valence-electron chi connectivity index (χ0n) is 8.95. The zero-order valence-corrected chi connectivity index (χ0v) is 8.95. The van der Waals surface area contributed by atoms with Crippen LogP contribution in [0.25, 0.3) is 0 Å². The predicted molar refractivity (Wildman–Crippen MR) is 57.1 cm³/mol. The lowest BCUT2D eigenvalue weighted by atomic mass is 10.2. The van der Waals surface area contributed by atoms with Gasteiger partial charge in [-0.3, -0.25) is 4.68 Å². The summed E-state index contributed by atoms with van der Waals surface area (Å²) in [6.07, 6.45) is 2.49. The molecule has 4 nitrogen and oxygen atoms in total. The monoisotopic (exact) mass is 197 g/mol. The number of nitrogen functional groups attached to an aromatic ring is 1. The molecule has 1 rings (SSSR count). The van der Waals surface area contributed by atoms with E-state index in [4.69, 9.17) is 10.8 Å². The van der Waals surface area contributed by atoms with E-state index in [1.807, 2.05) is 4.68 Å². The van der Waals surface area contributed by atoms with Crippen molar-refractivity contribution in [2.24, 2.45) is 0 Å². The molecule has 0 bridgehead atoms. The average molecular weight is 197 g/mol. The third-order valence-electron chi connectivity index (χ3n) is 2.37. The first kappa shape index (κ1) is 11.0. The highest BCUT2D eigenvalue weighted by Crippen LogP contribution is 2.18. The molecule has 0 amide bonds. The summed E-state index contributed by atoms with van der Waals surface area (Å²) in [5.41, 5.74) is 8.84. The molecule has 1 aromatic heterocycles. The predicted octanol–water partition coefficient (Wildman–Crippen LogP) is 0.972. The van der Waals surface area contributed by atoms with Crippen LogP contribution >= 0.6 is 0 Å². The van der Waals surface area contributed by atoms with Crippen LogP contribution in [0.15, 0.2) is 0 Å². The van der Waals surface area contributed by atoms with Crippen molar-refractivity contribution in [3.63, 3.8) is 0 Å². The highest BCUT2D eigenvalue weighted by atomic mass is 16.3. The molecule has 0 radical (unpaired) electrons. The minimum Gasteiger partial charge on any atom is -0.396 e. The number of nitrogens with two attached hydrogens (primary N) is 1. The minimum atomic E-state index is 0.199. The Morgan fingerprint density at radius 1 is 1.36 bits per heavy atom. The Balaban J connectivity index is 2.90. The highest BCUT2D eigenvalue weighted by molar-refractivity contribution is 5.48. The topological polar surface area (TPSA) is 64.1 Å². The molecule has 1 heterocycles. The molecule has 0 aliphatic heterocycles. The van der Waals surface area contributed by atoms with E-state index in [1.54, 1.807) is 0 Å². The van der Waals surface area contributed by atoms with Crippen molar-refractivity contribution < 1.29 is 5.11 Å². The maximum atomic E-state index is 8.75. The molecular weight excluding hydrogens is 178 g/mol. The SMILES string of the molecule is CCc1nn(CCCO)c(CC)c1N. The first-order chi connectivity index (χ1) is 6.74. The van der Waals surface area contributed by atoms with Gasteiger partial charge in [-0.15, -0.1) is 0 Å². The second-order valence-corrected chi connectivity index (χ2v) is 3.31. The van der Waals surface area contributed by atoms with E-state index >= 15 is 0 Å². The molecule has 0 unspecified atom stereocenters. The van der Waals surface area contributed by atoms with E-state index in [1.165, 1.54) is 0 Å². The number of nitrogens with zero attached hydrogens (tertiary/aromatic N) is 2. The van der Waals surface area contributed by atoms with Crippen molar-refractivity contribution in [3.05, 3.63) is 11.4 Å². The van der Waals surface area contributed by atoms with Gasteiger partial charge >= 0.3 is 0 Å². The van der Waals surface area contributed by atoms with Gasteiger partial charge in [-0.1, -0.05) is 13.8 Å². The van der Waals surface area contributed by atoms with Gasteiger partial charge in [-0.2, -0.15) is 5.10 Å². The quantitative estimate of drug-likeness (QED) is 0.739. The Morgan fingerprint density at radius 2 is 2.07 bits per heavy atom. The third-order valence-corrected chi connectivity index (χ3v) is 2.37. The number of aryl methyl sites for hydroxylation is 2. The molecule has 80 valence electrons. The Bertz CT molecular complexity index is 294. The van der Waals surface area contributed by atoms with E-state index in [9.17, 15) is 0 Å². The zero-order chi connectivity index (χ0) is 10.6. The number of aliphatic hydroxyl groups excluding tert-OH is 1. The lowest BCUT2D eigenvalue weighted by molar-refractivity contribution is 0.276. The number of aromatic nitrogens is 2. The second-order valence-electron chi connectivity index (χ2n) is 3.31. The molecule has 0 aromatic carbocycles. The Kier molecular flexibility index (Phi) is 3.95. The maximum absolute atomic E-state index is 8.75. The van der Waals surface area contributed by atoms with E-state index in [-0.39, 0.29) is 6.61 Å². The van der Waals surface area contributed by atoms with Crippen molar-refractivity contribution in [1.29, 1.82) is 0 Å². The van der Waals surface area contributed by atoms with E-state index in [2.05, 4.69) is 18.9 Å². The van der Waals surface area contributed by atoms with Gasteiger partial charge < -0.3 is 10.8 Å². The summed E-state index contributed by atoms with van der Waals surface area (Å²) < 4.78 is 1.92. The van der Waals surface area contributed by atoms with Crippen LogP contribution in [0.1, 0.15) is 31.7 Å². The second kappa shape index (κ2) is 5.00. The summed E-state index contributed by atoms with van der Waals surface area (Å²) in [6, 6.07) is 0. The van der Waals surface area contributed by atoms with Crippen molar-refractivity contribution >= 4 is 5.69 Å². The fraction of sp³-hybridized carbons (Fsp3) is 0.700. The fourth-order valence-electron chi connectivity index (χ4n) is 1.61. The largest absolute Gasteiger partial charge is 0.396 e. The minimum absolute atomic E-state index is 0.199. The molecule has 3 N–H and O–H groups in total. The molecule has 1 aromatic rings. The summed E-state index contributed by atoms with van der Waals surface area (Å²) >= 11 is 0. The summed E-state index contributed by atoms with van der Waals surface area (Å²) in [7, 11) is 0. The molecular formula is C10H19N3O. The first-order valence-corrected chi connectivity index (χ1v) is 5.19. The summed E-state index contributed by atoms with van der Waals surface area (Å²) in [5.74, 6) is 0. The van der Waals surface area contributed by atoms with E-state index in [0.717, 1.165) is 42.9 Å². The van der Waals surface area contributed by atoms with E-state index < -0.39 is 0 Å². The van der Waals surface area contributed by atoms with Crippen LogP contribution in [0.4, 0.5) is 5.69 Å². The van der Waals surface area contributed by atoms with Crippen LogP contribution in [-0.2, 0) is 19.4 Å². The molecule has 14 heavy (non-hydrogen) atoms. The summed E-state index contributed by atoms with van der Waals surface area (Å²) in [4.78, 5) is 0. The van der Waals surface area contributed by atoms with Crippen molar-refractivity contribution in [2.45, 2.75) is 39.7 Å². The van der Waals surface area contributed by atoms with Gasteiger partial charge in [0.1, 0.15) is 0 Å². The van der Waals surface area contributed by atoms with Gasteiger partial charge in [0.05, 0.1) is 17.1 Å². The van der Waals surface area contributed by atoms with Crippen molar-refractivity contribution in [3.8, 4) is 0 Å². The standard InChI is InChI=1S/C10H19N3O/c1-3-8-10(11)9(4-2)13(12-8)6-5-7-14/h14H,3-7,11H2,1-2H3. The smallest absolute Gasteiger partial charge is 0.0854 e. The lowest BCUT2D eigenvalue weighted by Crippen LogP contribution is -2.06. The van der Waals surface area contributed by atoms with Crippen LogP contribution in [0, 0.1) is 0 Å². The van der Waals surface area contributed by atoms with Gasteiger partial charge in [0.25, 0.3) is 0 Å². The number of hydrogen-bond acceptors (Lipinski definition) is 3. The summed E-state index contributed by atoms with van der Waals surface area (Å²) in [6.45, 7) is 5.07. The lowest BCUT2D eigenvalue weighted by Gasteiger charge is -2.04. The summed E-state index contributed by atoms with van der Waals surface area (Å²) in [5, 5.41) is 13.2. The van der Waals surface area contributed by atoms with Crippen LogP contribution in [0.2, 0.25) is 0 Å². The van der Waals surface area contributed by atoms with Crippen LogP contribution in [0.5, 0.6) is 0 Å². The molecule has 0 saturated carbocycles. The Hall–Kier alpha value is -1.03. The van der Waals surface area contributed by atoms with Gasteiger partial charge in [0.2, 0.25) is 0 Å². The average Bonchev–Trinajstić information content (AvgIpc) is 2.51.